The van der Waals surface area contributed by atoms with Crippen molar-refractivity contribution >= 4 is 11.8 Å². The van der Waals surface area contributed by atoms with Gasteiger partial charge in [-0.2, -0.15) is 5.10 Å². The van der Waals surface area contributed by atoms with Gasteiger partial charge in [0.05, 0.1) is 12.7 Å². The maximum atomic E-state index is 9.47. The van der Waals surface area contributed by atoms with Crippen molar-refractivity contribution in [3.8, 4) is 0 Å². The fraction of sp³-hybridized carbons (Fsp3) is 0.750. The van der Waals surface area contributed by atoms with Crippen LogP contribution in [0.25, 0.3) is 0 Å². The summed E-state index contributed by atoms with van der Waals surface area (Å²) < 4.78 is 6.77. The van der Waals surface area contributed by atoms with Gasteiger partial charge in [-0.25, -0.2) is 9.67 Å². The number of aliphatic hydroxyl groups is 1. The van der Waals surface area contributed by atoms with E-state index in [9.17, 15) is 5.11 Å². The second-order valence-corrected chi connectivity index (χ2v) is 3.78. The number of hydrogen-bond donors (Lipinski definition) is 1. The van der Waals surface area contributed by atoms with E-state index in [-0.39, 0.29) is 0 Å². The smallest absolute Gasteiger partial charge is 0.185 e. The van der Waals surface area contributed by atoms with Gasteiger partial charge in [0.25, 0.3) is 0 Å². The molecule has 14 heavy (non-hydrogen) atoms. The second kappa shape index (κ2) is 6.00. The van der Waals surface area contributed by atoms with Crippen LogP contribution < -0.4 is 0 Å². The number of thioether (sulfide) groups is 1. The summed E-state index contributed by atoms with van der Waals surface area (Å²) in [5, 5.41) is 14.2. The Morgan fingerprint density at radius 3 is 3.07 bits per heavy atom. The highest BCUT2D eigenvalue weighted by molar-refractivity contribution is 7.99. The van der Waals surface area contributed by atoms with E-state index in [1.165, 1.54) is 18.1 Å². The summed E-state index contributed by atoms with van der Waals surface area (Å²) in [6.07, 6.45) is 1.05. The minimum absolute atomic E-state index is 0.376. The zero-order valence-corrected chi connectivity index (χ0v) is 9.20. The summed E-state index contributed by atoms with van der Waals surface area (Å²) in [5.41, 5.74) is 0. The molecule has 0 aromatic carbocycles. The molecular weight excluding hydrogens is 202 g/mol. The molecule has 0 aliphatic carbocycles. The Balaban J connectivity index is 2.23. The van der Waals surface area contributed by atoms with Gasteiger partial charge in [0.2, 0.25) is 0 Å². The minimum atomic E-state index is -0.448. The standard InChI is InChI=1S/C8H15N3O2S/c1-3-13-4-7(12)5-14-8-9-6-10-11(8)2/h6-7,12H,3-5H2,1-2H3. The Labute approximate surface area is 87.5 Å². The first-order chi connectivity index (χ1) is 6.74. The molecule has 0 saturated heterocycles. The summed E-state index contributed by atoms with van der Waals surface area (Å²) in [7, 11) is 1.82. The first-order valence-corrected chi connectivity index (χ1v) is 5.45. The molecule has 80 valence electrons. The Hall–Kier alpha value is -0.590. The molecule has 0 saturated carbocycles. The van der Waals surface area contributed by atoms with Crippen LogP contribution in [0.5, 0.6) is 0 Å². The number of aryl methyl sites for hydroxylation is 1. The van der Waals surface area contributed by atoms with Crippen molar-refractivity contribution in [3.63, 3.8) is 0 Å². The zero-order chi connectivity index (χ0) is 10.4. The van der Waals surface area contributed by atoms with Crippen LogP contribution in [0, 0.1) is 0 Å². The molecule has 0 amide bonds. The van der Waals surface area contributed by atoms with Gasteiger partial charge in [0, 0.05) is 19.4 Å². The Morgan fingerprint density at radius 1 is 1.71 bits per heavy atom. The van der Waals surface area contributed by atoms with E-state index in [2.05, 4.69) is 10.1 Å². The van der Waals surface area contributed by atoms with Crippen molar-refractivity contribution in [1.82, 2.24) is 14.8 Å². The molecule has 0 fully saturated rings. The lowest BCUT2D eigenvalue weighted by Crippen LogP contribution is -2.18. The third-order valence-electron chi connectivity index (χ3n) is 1.59. The summed E-state index contributed by atoms with van der Waals surface area (Å²) >= 11 is 1.47. The summed E-state index contributed by atoms with van der Waals surface area (Å²) in [5.74, 6) is 0.576. The van der Waals surface area contributed by atoms with E-state index in [0.29, 0.717) is 19.0 Å². The average Bonchev–Trinajstić information content (AvgIpc) is 2.58. The van der Waals surface area contributed by atoms with Gasteiger partial charge in [-0.15, -0.1) is 0 Å². The predicted molar refractivity (Wildman–Crippen MR) is 54.2 cm³/mol. The maximum Gasteiger partial charge on any atom is 0.185 e. The van der Waals surface area contributed by atoms with Gasteiger partial charge in [-0.05, 0) is 6.92 Å². The number of aromatic nitrogens is 3. The molecule has 1 unspecified atom stereocenters. The van der Waals surface area contributed by atoms with Crippen LogP contribution in [-0.4, -0.2) is 44.9 Å². The van der Waals surface area contributed by atoms with Crippen molar-refractivity contribution in [2.24, 2.45) is 7.05 Å². The molecule has 5 nitrogen and oxygen atoms in total. The zero-order valence-electron chi connectivity index (χ0n) is 8.38. The fourth-order valence-electron chi connectivity index (χ4n) is 0.889. The number of rotatable bonds is 6. The molecule has 0 spiro atoms. The molecule has 1 aromatic heterocycles. The Bertz CT molecular complexity index is 267. The highest BCUT2D eigenvalue weighted by Gasteiger charge is 2.07. The normalized spacial score (nSPS) is 13.1. The molecule has 1 aromatic rings. The van der Waals surface area contributed by atoms with Gasteiger partial charge in [0.1, 0.15) is 6.33 Å². The van der Waals surface area contributed by atoms with Crippen molar-refractivity contribution in [2.75, 3.05) is 19.0 Å². The molecule has 1 rings (SSSR count). The fourth-order valence-corrected chi connectivity index (χ4v) is 1.68. The van der Waals surface area contributed by atoms with E-state index in [1.807, 2.05) is 14.0 Å². The van der Waals surface area contributed by atoms with Crippen molar-refractivity contribution in [2.45, 2.75) is 18.2 Å². The van der Waals surface area contributed by atoms with Gasteiger partial charge < -0.3 is 9.84 Å². The molecule has 0 radical (unpaired) electrons. The predicted octanol–water partition coefficient (Wildman–Crippen LogP) is 0.305. The lowest BCUT2D eigenvalue weighted by molar-refractivity contribution is 0.0551. The largest absolute Gasteiger partial charge is 0.390 e. The Kier molecular flexibility index (Phi) is 4.92. The lowest BCUT2D eigenvalue weighted by Gasteiger charge is -2.08. The van der Waals surface area contributed by atoms with Crippen LogP contribution in [0.4, 0.5) is 0 Å². The van der Waals surface area contributed by atoms with Crippen LogP contribution in [0.2, 0.25) is 0 Å². The average molecular weight is 217 g/mol. The summed E-state index contributed by atoms with van der Waals surface area (Å²) in [6.45, 7) is 2.91. The van der Waals surface area contributed by atoms with Crippen LogP contribution in [0.1, 0.15) is 6.92 Å². The van der Waals surface area contributed by atoms with Gasteiger partial charge >= 0.3 is 0 Å². The molecule has 1 heterocycles. The number of ether oxygens (including phenoxy) is 1. The second-order valence-electron chi connectivity index (χ2n) is 2.79. The van der Waals surface area contributed by atoms with Crippen LogP contribution in [-0.2, 0) is 11.8 Å². The maximum absolute atomic E-state index is 9.47. The van der Waals surface area contributed by atoms with Gasteiger partial charge in [-0.3, -0.25) is 0 Å². The van der Waals surface area contributed by atoms with Crippen molar-refractivity contribution in [1.29, 1.82) is 0 Å². The first-order valence-electron chi connectivity index (χ1n) is 4.46. The quantitative estimate of drug-likeness (QED) is 0.695. The van der Waals surface area contributed by atoms with Gasteiger partial charge in [-0.1, -0.05) is 11.8 Å². The topological polar surface area (TPSA) is 60.2 Å². The van der Waals surface area contributed by atoms with E-state index in [1.54, 1.807) is 4.68 Å². The molecule has 1 atom stereocenters. The molecule has 0 bridgehead atoms. The van der Waals surface area contributed by atoms with Crippen LogP contribution >= 0.6 is 11.8 Å². The first kappa shape index (κ1) is 11.5. The number of aliphatic hydroxyl groups excluding tert-OH is 1. The van der Waals surface area contributed by atoms with Crippen molar-refractivity contribution in [3.05, 3.63) is 6.33 Å². The lowest BCUT2D eigenvalue weighted by atomic mass is 10.4. The summed E-state index contributed by atoms with van der Waals surface area (Å²) in [6, 6.07) is 0. The van der Waals surface area contributed by atoms with E-state index >= 15 is 0 Å². The highest BCUT2D eigenvalue weighted by Crippen LogP contribution is 2.14. The van der Waals surface area contributed by atoms with Crippen LogP contribution in [0.3, 0.4) is 0 Å². The molecular formula is C8H15N3O2S. The molecule has 0 aliphatic rings. The van der Waals surface area contributed by atoms with E-state index in [4.69, 9.17) is 4.74 Å². The third-order valence-corrected chi connectivity index (χ3v) is 2.77. The SMILES string of the molecule is CCOCC(O)CSc1ncnn1C. The minimum Gasteiger partial charge on any atom is -0.390 e. The monoisotopic (exact) mass is 217 g/mol. The number of nitrogens with zero attached hydrogens (tertiary/aromatic N) is 3. The Morgan fingerprint density at radius 2 is 2.50 bits per heavy atom. The van der Waals surface area contributed by atoms with E-state index < -0.39 is 6.10 Å². The van der Waals surface area contributed by atoms with Crippen LogP contribution in [0.15, 0.2) is 11.5 Å². The van der Waals surface area contributed by atoms with Crippen molar-refractivity contribution < 1.29 is 9.84 Å². The molecule has 0 aliphatic heterocycles. The summed E-state index contributed by atoms with van der Waals surface area (Å²) in [4.78, 5) is 4.03. The number of hydrogen-bond acceptors (Lipinski definition) is 5. The molecule has 1 N–H and O–H groups in total. The van der Waals surface area contributed by atoms with Gasteiger partial charge in [0.15, 0.2) is 5.16 Å². The third kappa shape index (κ3) is 3.65. The highest BCUT2D eigenvalue weighted by atomic mass is 32.2. The van der Waals surface area contributed by atoms with E-state index in [0.717, 1.165) is 5.16 Å². The molecule has 6 heteroatoms.